The van der Waals surface area contributed by atoms with Crippen LogP contribution in [0.4, 0.5) is 4.79 Å². The summed E-state index contributed by atoms with van der Waals surface area (Å²) in [5.41, 5.74) is 1.54. The third kappa shape index (κ3) is 3.04. The quantitative estimate of drug-likeness (QED) is 0.691. The van der Waals surface area contributed by atoms with Crippen LogP contribution < -0.4 is 10.9 Å². The second-order valence-corrected chi connectivity index (χ2v) is 6.65. The minimum Gasteiger partial charge on any atom is -0.423 e. The molecule has 24 heavy (non-hydrogen) atoms. The number of amides is 3. The van der Waals surface area contributed by atoms with Crippen molar-refractivity contribution in [1.29, 1.82) is 0 Å². The van der Waals surface area contributed by atoms with E-state index in [1.54, 1.807) is 6.07 Å². The van der Waals surface area contributed by atoms with Gasteiger partial charge in [-0.05, 0) is 36.5 Å². The lowest BCUT2D eigenvalue weighted by atomic mass is 10.0. The largest absolute Gasteiger partial charge is 0.423 e. The lowest BCUT2D eigenvalue weighted by Gasteiger charge is -2.15. The first-order valence-electron chi connectivity index (χ1n) is 8.00. The number of benzene rings is 1. The Kier molecular flexibility index (Phi) is 4.13. The molecule has 0 aliphatic carbocycles. The molecule has 1 aromatic heterocycles. The van der Waals surface area contributed by atoms with Crippen molar-refractivity contribution in [2.45, 2.75) is 39.8 Å². The van der Waals surface area contributed by atoms with E-state index >= 15 is 0 Å². The molecule has 0 spiro atoms. The molecular weight excluding hydrogens is 308 g/mol. The summed E-state index contributed by atoms with van der Waals surface area (Å²) in [6, 6.07) is 5.94. The first-order valence-corrected chi connectivity index (χ1v) is 8.00. The van der Waals surface area contributed by atoms with E-state index in [-0.39, 0.29) is 12.5 Å². The highest BCUT2D eigenvalue weighted by molar-refractivity contribution is 6.04. The van der Waals surface area contributed by atoms with Crippen LogP contribution in [-0.4, -0.2) is 22.9 Å². The number of imide groups is 1. The monoisotopic (exact) mass is 328 g/mol. The fourth-order valence-electron chi connectivity index (χ4n) is 3.00. The number of nitrogens with one attached hydrogen (secondary N) is 1. The maximum Gasteiger partial charge on any atom is 0.336 e. The highest BCUT2D eigenvalue weighted by atomic mass is 16.4. The van der Waals surface area contributed by atoms with Crippen LogP contribution in [0, 0.1) is 12.8 Å². The van der Waals surface area contributed by atoms with Gasteiger partial charge in [0.2, 0.25) is 0 Å². The molecule has 0 radical (unpaired) electrons. The van der Waals surface area contributed by atoms with E-state index in [0.717, 1.165) is 10.9 Å². The summed E-state index contributed by atoms with van der Waals surface area (Å²) in [6.07, 6.45) is 0.595. The summed E-state index contributed by atoms with van der Waals surface area (Å²) in [5, 5.41) is 3.44. The van der Waals surface area contributed by atoms with Crippen molar-refractivity contribution in [3.63, 3.8) is 0 Å². The van der Waals surface area contributed by atoms with Crippen molar-refractivity contribution in [3.8, 4) is 0 Å². The fraction of sp³-hybridized carbons (Fsp3) is 0.389. The lowest BCUT2D eigenvalue weighted by molar-refractivity contribution is -0.128. The molecule has 3 rings (SSSR count). The Hall–Kier alpha value is -2.63. The van der Waals surface area contributed by atoms with Crippen LogP contribution in [0.2, 0.25) is 0 Å². The highest BCUT2D eigenvalue weighted by Crippen LogP contribution is 2.22. The number of nitrogens with zero attached hydrogens (tertiary/aromatic N) is 1. The lowest BCUT2D eigenvalue weighted by Crippen LogP contribution is -2.31. The third-order valence-electron chi connectivity index (χ3n) is 4.13. The first-order chi connectivity index (χ1) is 11.3. The van der Waals surface area contributed by atoms with Crippen LogP contribution in [0.5, 0.6) is 0 Å². The van der Waals surface area contributed by atoms with Crippen molar-refractivity contribution in [2.24, 2.45) is 5.92 Å². The molecule has 3 amide bonds. The van der Waals surface area contributed by atoms with Crippen molar-refractivity contribution in [2.75, 3.05) is 0 Å². The second-order valence-electron chi connectivity index (χ2n) is 6.65. The van der Waals surface area contributed by atoms with E-state index in [9.17, 15) is 14.4 Å². The first kappa shape index (κ1) is 16.2. The molecule has 1 aliphatic heterocycles. The molecule has 1 atom stereocenters. The van der Waals surface area contributed by atoms with Crippen LogP contribution in [0.25, 0.3) is 11.0 Å². The van der Waals surface area contributed by atoms with Crippen LogP contribution in [0.1, 0.15) is 31.4 Å². The average molecular weight is 328 g/mol. The average Bonchev–Trinajstić information content (AvgIpc) is 2.73. The van der Waals surface area contributed by atoms with Gasteiger partial charge in [-0.25, -0.2) is 9.59 Å². The van der Waals surface area contributed by atoms with Gasteiger partial charge < -0.3 is 9.73 Å². The van der Waals surface area contributed by atoms with Gasteiger partial charge >= 0.3 is 11.7 Å². The highest BCUT2D eigenvalue weighted by Gasteiger charge is 2.38. The zero-order valence-corrected chi connectivity index (χ0v) is 14.0. The van der Waals surface area contributed by atoms with Gasteiger partial charge in [0.1, 0.15) is 11.6 Å². The second kappa shape index (κ2) is 6.11. The van der Waals surface area contributed by atoms with Gasteiger partial charge in [0.15, 0.2) is 0 Å². The number of urea groups is 1. The normalized spacial score (nSPS) is 17.8. The Bertz CT molecular complexity index is 869. The van der Waals surface area contributed by atoms with Gasteiger partial charge in [-0.1, -0.05) is 26.0 Å². The zero-order chi connectivity index (χ0) is 17.4. The number of rotatable bonds is 4. The number of aryl methyl sites for hydroxylation is 1. The minimum absolute atomic E-state index is 0.0599. The molecule has 2 aromatic rings. The Morgan fingerprint density at radius 1 is 1.21 bits per heavy atom. The number of carbonyl (C=O) groups excluding carboxylic acids is 2. The molecule has 1 aromatic carbocycles. The van der Waals surface area contributed by atoms with Crippen LogP contribution in [0.15, 0.2) is 33.5 Å². The molecule has 1 saturated heterocycles. The van der Waals surface area contributed by atoms with Gasteiger partial charge in [0.05, 0.1) is 6.54 Å². The van der Waals surface area contributed by atoms with Gasteiger partial charge in [0, 0.05) is 11.5 Å². The van der Waals surface area contributed by atoms with Crippen molar-refractivity contribution in [3.05, 3.63) is 45.8 Å². The molecule has 126 valence electrons. The van der Waals surface area contributed by atoms with Crippen LogP contribution in [-0.2, 0) is 11.3 Å². The smallest absolute Gasteiger partial charge is 0.336 e. The molecule has 1 N–H and O–H groups in total. The molecule has 1 fully saturated rings. The number of fused-ring (bicyclic) bond motifs is 1. The molecule has 0 saturated carbocycles. The number of hydrogen-bond donors (Lipinski definition) is 1. The molecule has 0 unspecified atom stereocenters. The molecule has 1 aliphatic rings. The molecule has 6 nitrogen and oxygen atoms in total. The van der Waals surface area contributed by atoms with E-state index in [0.29, 0.717) is 23.5 Å². The van der Waals surface area contributed by atoms with E-state index < -0.39 is 17.7 Å². The summed E-state index contributed by atoms with van der Waals surface area (Å²) in [7, 11) is 0. The van der Waals surface area contributed by atoms with Gasteiger partial charge in [-0.15, -0.1) is 0 Å². The number of hydrogen-bond acceptors (Lipinski definition) is 4. The Labute approximate surface area is 139 Å². The van der Waals surface area contributed by atoms with Gasteiger partial charge in [-0.3, -0.25) is 9.69 Å². The Morgan fingerprint density at radius 3 is 2.67 bits per heavy atom. The van der Waals surface area contributed by atoms with Gasteiger partial charge in [0.25, 0.3) is 5.91 Å². The maximum absolute atomic E-state index is 12.5. The minimum atomic E-state index is -0.494. The van der Waals surface area contributed by atoms with E-state index in [4.69, 9.17) is 4.42 Å². The summed E-state index contributed by atoms with van der Waals surface area (Å²) in [5.74, 6) is 0.0500. The predicted octanol–water partition coefficient (Wildman–Crippen LogP) is 2.57. The SMILES string of the molecule is Cc1ccc2c(CN3C(=O)N[C@H](CC(C)C)C3=O)cc(=O)oc2c1. The maximum atomic E-state index is 12.5. The van der Waals surface area contributed by atoms with Gasteiger partial charge in [-0.2, -0.15) is 0 Å². The molecule has 0 bridgehead atoms. The molecule has 2 heterocycles. The summed E-state index contributed by atoms with van der Waals surface area (Å²) >= 11 is 0. The topological polar surface area (TPSA) is 79.6 Å². The Morgan fingerprint density at radius 2 is 1.96 bits per heavy atom. The fourth-order valence-corrected chi connectivity index (χ4v) is 3.00. The summed E-state index contributed by atoms with van der Waals surface area (Å²) in [4.78, 5) is 37.6. The van der Waals surface area contributed by atoms with E-state index in [2.05, 4.69) is 5.32 Å². The third-order valence-corrected chi connectivity index (χ3v) is 4.13. The molecular formula is C18H20N2O4. The molecule has 6 heteroatoms. The van der Waals surface area contributed by atoms with Crippen LogP contribution in [0.3, 0.4) is 0 Å². The summed E-state index contributed by atoms with van der Waals surface area (Å²) < 4.78 is 5.22. The van der Waals surface area contributed by atoms with Crippen molar-refractivity contribution in [1.82, 2.24) is 10.2 Å². The predicted molar refractivity (Wildman–Crippen MR) is 89.5 cm³/mol. The number of carbonyl (C=O) groups is 2. The van der Waals surface area contributed by atoms with Crippen molar-refractivity contribution < 1.29 is 14.0 Å². The zero-order valence-electron chi connectivity index (χ0n) is 14.0. The van der Waals surface area contributed by atoms with E-state index in [1.165, 1.54) is 11.0 Å². The standard InChI is InChI=1S/C18H20N2O4/c1-10(2)6-14-17(22)20(18(23)19-14)9-12-8-16(21)24-15-7-11(3)4-5-13(12)15/h4-5,7-8,10,14H,6,9H2,1-3H3,(H,19,23)/t14-/m1/s1. The summed E-state index contributed by atoms with van der Waals surface area (Å²) in [6.45, 7) is 5.96. The Balaban J connectivity index is 1.94. The van der Waals surface area contributed by atoms with Crippen molar-refractivity contribution >= 4 is 22.9 Å². The van der Waals surface area contributed by atoms with E-state index in [1.807, 2.05) is 32.9 Å². The van der Waals surface area contributed by atoms with Crippen LogP contribution >= 0.6 is 0 Å².